The number of benzene rings is 2. The third kappa shape index (κ3) is 11.2. The van der Waals surface area contributed by atoms with Gasteiger partial charge in [0.25, 0.3) is 0 Å². The van der Waals surface area contributed by atoms with Gasteiger partial charge in [-0.3, -0.25) is 9.79 Å². The van der Waals surface area contributed by atoms with Crippen molar-refractivity contribution in [3.8, 4) is 0 Å². The van der Waals surface area contributed by atoms with Crippen LogP contribution in [-0.2, 0) is 19.1 Å². The third-order valence-electron chi connectivity index (χ3n) is 7.20. The lowest BCUT2D eigenvalue weighted by atomic mass is 9.75. The summed E-state index contributed by atoms with van der Waals surface area (Å²) in [5.74, 6) is 1.30. The Morgan fingerprint density at radius 2 is 1.50 bits per heavy atom. The standard InChI is InChI=1S/C22H36N4O4.2C6H5Cl.C2H6/c1-15(2)25(7)19-17(29-8)13-18(30-16(3)4)22(5,20(19)24(6)11-12-27)21-23-9-10-26(21)14-28;2*7-6-4-2-1-3-5-6;1-2/h12-17H,9-11H2,1-8H3;2*1-5H;1-2H3. The molecule has 254 valence electrons. The first-order chi connectivity index (χ1) is 21.9. The summed E-state index contributed by atoms with van der Waals surface area (Å²) in [5.41, 5.74) is 0.923. The molecule has 0 bridgehead atoms. The molecule has 4 rings (SSSR count). The molecule has 1 heterocycles. The van der Waals surface area contributed by atoms with E-state index in [0.717, 1.165) is 34.1 Å². The van der Waals surface area contributed by atoms with Gasteiger partial charge >= 0.3 is 0 Å². The van der Waals surface area contributed by atoms with Crippen LogP contribution < -0.4 is 0 Å². The second-order valence-corrected chi connectivity index (χ2v) is 11.9. The number of carbonyl (C=O) groups is 2. The van der Waals surface area contributed by atoms with Crippen LogP contribution in [0.15, 0.2) is 88.9 Å². The Hall–Kier alpha value is -3.33. The number of ether oxygens (including phenoxy) is 2. The Bertz CT molecular complexity index is 1250. The summed E-state index contributed by atoms with van der Waals surface area (Å²) in [4.78, 5) is 33.7. The van der Waals surface area contributed by atoms with Gasteiger partial charge in [-0.2, -0.15) is 0 Å². The number of aliphatic imine (C=N–C) groups is 1. The second-order valence-electron chi connectivity index (χ2n) is 11.1. The van der Waals surface area contributed by atoms with Crippen LogP contribution >= 0.6 is 23.2 Å². The van der Waals surface area contributed by atoms with Gasteiger partial charge in [0.2, 0.25) is 6.41 Å². The number of amidine groups is 1. The number of aldehydes is 1. The summed E-state index contributed by atoms with van der Waals surface area (Å²) in [5, 5.41) is 1.59. The first kappa shape index (κ1) is 40.7. The average Bonchev–Trinajstić information content (AvgIpc) is 3.53. The minimum absolute atomic E-state index is 0.0817. The molecule has 2 aromatic carbocycles. The largest absolute Gasteiger partial charge is 0.494 e. The maximum absolute atomic E-state index is 11.8. The van der Waals surface area contributed by atoms with Crippen molar-refractivity contribution >= 4 is 41.7 Å². The molecule has 10 heteroatoms. The van der Waals surface area contributed by atoms with E-state index in [4.69, 9.17) is 37.7 Å². The van der Waals surface area contributed by atoms with E-state index in [9.17, 15) is 9.59 Å². The van der Waals surface area contributed by atoms with Crippen LogP contribution in [0, 0.1) is 5.41 Å². The van der Waals surface area contributed by atoms with Gasteiger partial charge < -0.3 is 29.0 Å². The minimum Gasteiger partial charge on any atom is -0.494 e. The summed E-state index contributed by atoms with van der Waals surface area (Å²) in [6, 6.07) is 19.1. The molecule has 2 aliphatic rings. The number of rotatable bonds is 10. The van der Waals surface area contributed by atoms with Crippen molar-refractivity contribution in [1.29, 1.82) is 0 Å². The number of carbonyl (C=O) groups excluding carboxylic acids is 2. The van der Waals surface area contributed by atoms with Crippen molar-refractivity contribution in [2.75, 3.05) is 40.8 Å². The van der Waals surface area contributed by atoms with Crippen LogP contribution in [0.4, 0.5) is 0 Å². The molecule has 0 saturated heterocycles. The monoisotopic (exact) mass is 674 g/mol. The molecule has 0 spiro atoms. The van der Waals surface area contributed by atoms with Crippen molar-refractivity contribution in [3.63, 3.8) is 0 Å². The van der Waals surface area contributed by atoms with E-state index in [2.05, 4.69) is 18.7 Å². The highest BCUT2D eigenvalue weighted by Gasteiger charge is 2.51. The number of amides is 1. The number of hydrogen-bond acceptors (Lipinski definition) is 7. The lowest BCUT2D eigenvalue weighted by molar-refractivity contribution is -0.115. The van der Waals surface area contributed by atoms with E-state index < -0.39 is 5.41 Å². The Kier molecular flexibility index (Phi) is 18.3. The molecule has 0 aromatic heterocycles. The Morgan fingerprint density at radius 1 is 0.978 bits per heavy atom. The fraction of sp³-hybridized carbons (Fsp3) is 0.472. The van der Waals surface area contributed by atoms with Gasteiger partial charge in [-0.1, -0.05) is 73.4 Å². The highest BCUT2D eigenvalue weighted by molar-refractivity contribution is 6.30. The first-order valence-corrected chi connectivity index (χ1v) is 16.4. The van der Waals surface area contributed by atoms with E-state index in [0.29, 0.717) is 24.7 Å². The lowest BCUT2D eigenvalue weighted by Crippen LogP contribution is -2.52. The molecule has 46 heavy (non-hydrogen) atoms. The van der Waals surface area contributed by atoms with Crippen molar-refractivity contribution < 1.29 is 19.1 Å². The predicted molar refractivity (Wildman–Crippen MR) is 191 cm³/mol. The van der Waals surface area contributed by atoms with Crippen molar-refractivity contribution in [2.24, 2.45) is 10.4 Å². The van der Waals surface area contributed by atoms with E-state index >= 15 is 0 Å². The van der Waals surface area contributed by atoms with Crippen LogP contribution in [0.5, 0.6) is 0 Å². The molecule has 0 fully saturated rings. The number of halogens is 2. The van der Waals surface area contributed by atoms with Crippen LogP contribution in [-0.4, -0.2) is 92.3 Å². The highest BCUT2D eigenvalue weighted by atomic mass is 35.5. The number of methoxy groups -OCH3 is 1. The van der Waals surface area contributed by atoms with Crippen LogP contribution in [0.2, 0.25) is 10.0 Å². The Labute approximate surface area is 286 Å². The van der Waals surface area contributed by atoms with E-state index in [-0.39, 0.29) is 24.8 Å². The number of hydrogen-bond donors (Lipinski definition) is 0. The van der Waals surface area contributed by atoms with Gasteiger partial charge in [-0.25, -0.2) is 0 Å². The molecular formula is C36H52Cl2N4O4. The lowest BCUT2D eigenvalue weighted by Gasteiger charge is -2.47. The second kappa shape index (κ2) is 20.7. The van der Waals surface area contributed by atoms with Crippen molar-refractivity contribution in [3.05, 3.63) is 93.9 Å². The Balaban J connectivity index is 0.000000533. The van der Waals surface area contributed by atoms with Gasteiger partial charge in [0, 0.05) is 43.8 Å². The molecular weight excluding hydrogens is 623 g/mol. The maximum Gasteiger partial charge on any atom is 0.215 e. The molecule has 2 atom stereocenters. The SMILES string of the molecule is CC.COC1C=C(OC(C)C)C(C)(C2=NCCN2C=O)C(N(C)CC=O)=C1N(C)C(C)C.Clc1ccccc1.Clc1ccccc1. The number of nitrogens with zero attached hydrogens (tertiary/aromatic N) is 4. The molecule has 0 N–H and O–H groups in total. The molecule has 1 aliphatic heterocycles. The van der Waals surface area contributed by atoms with Crippen LogP contribution in [0.1, 0.15) is 48.5 Å². The molecule has 0 radical (unpaired) electrons. The summed E-state index contributed by atoms with van der Waals surface area (Å²) in [6.07, 6.45) is 3.21. The van der Waals surface area contributed by atoms with E-state index in [1.807, 2.05) is 120 Å². The smallest absolute Gasteiger partial charge is 0.215 e. The van der Waals surface area contributed by atoms with Crippen molar-refractivity contribution in [2.45, 2.75) is 66.7 Å². The minimum atomic E-state index is -0.854. The topological polar surface area (TPSA) is 74.7 Å². The number of likely N-dealkylation sites (N-methyl/N-ethyl adjacent to an activating group) is 2. The van der Waals surface area contributed by atoms with Gasteiger partial charge in [0.15, 0.2) is 0 Å². The summed E-state index contributed by atoms with van der Waals surface area (Å²) in [7, 11) is 5.55. The van der Waals surface area contributed by atoms with E-state index in [1.54, 1.807) is 12.0 Å². The molecule has 1 amide bonds. The fourth-order valence-corrected chi connectivity index (χ4v) is 5.25. The quantitative estimate of drug-likeness (QED) is 0.242. The zero-order valence-electron chi connectivity index (χ0n) is 29.0. The van der Waals surface area contributed by atoms with Crippen LogP contribution in [0.25, 0.3) is 0 Å². The molecule has 8 nitrogen and oxygen atoms in total. The first-order valence-electron chi connectivity index (χ1n) is 15.6. The molecule has 0 saturated carbocycles. The van der Waals surface area contributed by atoms with Crippen LogP contribution in [0.3, 0.4) is 0 Å². The molecule has 1 aliphatic carbocycles. The van der Waals surface area contributed by atoms with Gasteiger partial charge in [0.05, 0.1) is 30.6 Å². The maximum atomic E-state index is 11.8. The van der Waals surface area contributed by atoms with Gasteiger partial charge in [-0.15, -0.1) is 0 Å². The molecule has 2 unspecified atom stereocenters. The Morgan fingerprint density at radius 3 is 1.87 bits per heavy atom. The summed E-state index contributed by atoms with van der Waals surface area (Å²) >= 11 is 11.1. The summed E-state index contributed by atoms with van der Waals surface area (Å²) < 4.78 is 12.1. The molecule has 2 aromatic rings. The van der Waals surface area contributed by atoms with Gasteiger partial charge in [-0.05, 0) is 65.0 Å². The fourth-order valence-electron chi connectivity index (χ4n) is 4.96. The van der Waals surface area contributed by atoms with Gasteiger partial charge in [0.1, 0.15) is 29.4 Å². The predicted octanol–water partition coefficient (Wildman–Crippen LogP) is 7.59. The average molecular weight is 676 g/mol. The zero-order valence-corrected chi connectivity index (χ0v) is 30.5. The van der Waals surface area contributed by atoms with Crippen molar-refractivity contribution in [1.82, 2.24) is 14.7 Å². The third-order valence-corrected chi connectivity index (χ3v) is 7.70. The normalized spacial score (nSPS) is 18.6. The highest BCUT2D eigenvalue weighted by Crippen LogP contribution is 2.47. The van der Waals surface area contributed by atoms with E-state index in [1.165, 1.54) is 0 Å². The summed E-state index contributed by atoms with van der Waals surface area (Å²) in [6.45, 7) is 15.4. The zero-order chi connectivity index (χ0) is 34.9.